The molecule has 28 heavy (non-hydrogen) atoms. The van der Waals surface area contributed by atoms with Crippen LogP contribution in [0, 0.1) is 12.7 Å². The maximum Gasteiger partial charge on any atom is 0.262 e. The molecule has 1 atom stereocenters. The predicted octanol–water partition coefficient (Wildman–Crippen LogP) is 2.92. The molecule has 2 aromatic carbocycles. The minimum atomic E-state index is -4.04. The third-order valence-electron chi connectivity index (χ3n) is 4.61. The van der Waals surface area contributed by atoms with Gasteiger partial charge in [-0.05, 0) is 49.6 Å². The third kappa shape index (κ3) is 4.81. The van der Waals surface area contributed by atoms with Gasteiger partial charge >= 0.3 is 0 Å². The first-order valence-electron chi connectivity index (χ1n) is 8.71. The number of halogens is 2. The van der Waals surface area contributed by atoms with Crippen LogP contribution in [0.5, 0.6) is 0 Å². The number of carbonyl (C=O) groups is 1. The molecular formula is C19H23ClFN3O3S. The summed E-state index contributed by atoms with van der Waals surface area (Å²) in [6.45, 7) is 2.79. The average molecular weight is 428 g/mol. The van der Waals surface area contributed by atoms with E-state index in [1.54, 1.807) is 17.9 Å². The standard InChI is InChI=1S/C19H22FN3O3S.ClH/c1-13-8-9-15(27(25,26)22-18-7-3-2-6-17(18)20)11-16(13)19(24)23-10-4-5-14(21)12-23;/h2-3,6-9,11,14,22H,4-5,10,12,21H2,1H3;1H. The topological polar surface area (TPSA) is 92.5 Å². The van der Waals surface area contributed by atoms with Crippen molar-refractivity contribution in [3.05, 3.63) is 59.4 Å². The van der Waals surface area contributed by atoms with Crippen molar-refractivity contribution in [2.45, 2.75) is 30.7 Å². The largest absolute Gasteiger partial charge is 0.337 e. The molecular weight excluding hydrogens is 405 g/mol. The lowest BCUT2D eigenvalue weighted by molar-refractivity contribution is 0.0708. The van der Waals surface area contributed by atoms with Crippen molar-refractivity contribution in [1.29, 1.82) is 0 Å². The second kappa shape index (κ2) is 8.89. The molecule has 0 aliphatic carbocycles. The van der Waals surface area contributed by atoms with E-state index >= 15 is 0 Å². The average Bonchev–Trinajstić information content (AvgIpc) is 2.63. The third-order valence-corrected chi connectivity index (χ3v) is 5.98. The molecule has 1 heterocycles. The lowest BCUT2D eigenvalue weighted by Gasteiger charge is -2.31. The summed E-state index contributed by atoms with van der Waals surface area (Å²) in [4.78, 5) is 14.4. The van der Waals surface area contributed by atoms with Crippen LogP contribution in [0.1, 0.15) is 28.8 Å². The summed E-state index contributed by atoms with van der Waals surface area (Å²) < 4.78 is 41.3. The van der Waals surface area contributed by atoms with Crippen LogP contribution in [0.2, 0.25) is 0 Å². The second-order valence-corrected chi connectivity index (χ2v) is 8.40. The van der Waals surface area contributed by atoms with Crippen molar-refractivity contribution < 1.29 is 17.6 Å². The summed E-state index contributed by atoms with van der Waals surface area (Å²) in [5.74, 6) is -0.919. The van der Waals surface area contributed by atoms with E-state index in [-0.39, 0.29) is 34.9 Å². The number of nitrogens with zero attached hydrogens (tertiary/aromatic N) is 1. The number of piperidine rings is 1. The lowest BCUT2D eigenvalue weighted by Crippen LogP contribution is -2.45. The minimum Gasteiger partial charge on any atom is -0.337 e. The number of anilines is 1. The normalized spacial score (nSPS) is 17.0. The monoisotopic (exact) mass is 427 g/mol. The van der Waals surface area contributed by atoms with Crippen LogP contribution in [0.25, 0.3) is 0 Å². The Bertz CT molecular complexity index is 969. The van der Waals surface area contributed by atoms with Crippen molar-refractivity contribution >= 4 is 34.0 Å². The van der Waals surface area contributed by atoms with Crippen LogP contribution in [0.3, 0.4) is 0 Å². The van der Waals surface area contributed by atoms with E-state index in [1.807, 2.05) is 0 Å². The highest BCUT2D eigenvalue weighted by Gasteiger charge is 2.25. The number of amides is 1. The summed E-state index contributed by atoms with van der Waals surface area (Å²) in [6.07, 6.45) is 1.68. The van der Waals surface area contributed by atoms with Crippen LogP contribution in [0.15, 0.2) is 47.4 Å². The van der Waals surface area contributed by atoms with Gasteiger partial charge in [-0.1, -0.05) is 18.2 Å². The Morgan fingerprint density at radius 3 is 2.64 bits per heavy atom. The number of hydrogen-bond acceptors (Lipinski definition) is 4. The zero-order valence-corrected chi connectivity index (χ0v) is 17.0. The minimum absolute atomic E-state index is 0. The molecule has 1 amide bonds. The fourth-order valence-electron chi connectivity index (χ4n) is 3.11. The number of sulfonamides is 1. The van der Waals surface area contributed by atoms with Crippen LogP contribution < -0.4 is 10.5 Å². The van der Waals surface area contributed by atoms with Crippen LogP contribution in [0.4, 0.5) is 10.1 Å². The fraction of sp³-hybridized carbons (Fsp3) is 0.316. The van der Waals surface area contributed by atoms with E-state index in [2.05, 4.69) is 4.72 Å². The molecule has 6 nitrogen and oxygen atoms in total. The van der Waals surface area contributed by atoms with Crippen molar-refractivity contribution in [2.75, 3.05) is 17.8 Å². The molecule has 152 valence electrons. The van der Waals surface area contributed by atoms with Gasteiger partial charge in [-0.3, -0.25) is 9.52 Å². The van der Waals surface area contributed by atoms with Crippen molar-refractivity contribution in [3.63, 3.8) is 0 Å². The number of aryl methyl sites for hydroxylation is 1. The summed E-state index contributed by atoms with van der Waals surface area (Å²) in [5.41, 5.74) is 6.77. The summed E-state index contributed by atoms with van der Waals surface area (Å²) in [7, 11) is -4.04. The van der Waals surface area contributed by atoms with Gasteiger partial charge < -0.3 is 10.6 Å². The molecule has 0 radical (unpaired) electrons. The number of nitrogens with one attached hydrogen (secondary N) is 1. The molecule has 1 aliphatic heterocycles. The number of rotatable bonds is 4. The maximum absolute atomic E-state index is 13.8. The zero-order chi connectivity index (χ0) is 19.6. The Labute approximate surface area is 170 Å². The highest BCUT2D eigenvalue weighted by atomic mass is 35.5. The molecule has 2 aromatic rings. The first-order chi connectivity index (χ1) is 12.8. The van der Waals surface area contributed by atoms with E-state index < -0.39 is 15.8 Å². The first-order valence-corrected chi connectivity index (χ1v) is 10.2. The molecule has 0 spiro atoms. The molecule has 1 saturated heterocycles. The van der Waals surface area contributed by atoms with E-state index in [9.17, 15) is 17.6 Å². The van der Waals surface area contributed by atoms with Gasteiger partial charge in [0, 0.05) is 24.7 Å². The van der Waals surface area contributed by atoms with Gasteiger partial charge in [0.15, 0.2) is 0 Å². The maximum atomic E-state index is 13.8. The Hall–Kier alpha value is -2.16. The zero-order valence-electron chi connectivity index (χ0n) is 15.4. The van der Waals surface area contributed by atoms with Crippen LogP contribution in [-0.2, 0) is 10.0 Å². The molecule has 9 heteroatoms. The number of hydrogen-bond donors (Lipinski definition) is 2. The molecule has 1 fully saturated rings. The highest BCUT2D eigenvalue weighted by molar-refractivity contribution is 7.92. The van der Waals surface area contributed by atoms with E-state index in [1.165, 1.54) is 36.4 Å². The number of benzene rings is 2. The number of para-hydroxylation sites is 1. The Morgan fingerprint density at radius 1 is 1.25 bits per heavy atom. The van der Waals surface area contributed by atoms with E-state index in [4.69, 9.17) is 5.73 Å². The van der Waals surface area contributed by atoms with Gasteiger partial charge in [-0.25, -0.2) is 12.8 Å². The summed E-state index contributed by atoms with van der Waals surface area (Å²) in [5, 5.41) is 0. The number of carbonyl (C=O) groups excluding carboxylic acids is 1. The molecule has 3 N–H and O–H groups in total. The van der Waals surface area contributed by atoms with Gasteiger partial charge in [-0.2, -0.15) is 0 Å². The Kier molecular flexibility index (Phi) is 7.03. The molecule has 1 aliphatic rings. The second-order valence-electron chi connectivity index (χ2n) is 6.72. The fourth-order valence-corrected chi connectivity index (χ4v) is 4.20. The lowest BCUT2D eigenvalue weighted by atomic mass is 10.0. The van der Waals surface area contributed by atoms with Crippen molar-refractivity contribution in [2.24, 2.45) is 5.73 Å². The number of nitrogens with two attached hydrogens (primary N) is 1. The first kappa shape index (κ1) is 22.1. The van der Waals surface area contributed by atoms with Crippen molar-refractivity contribution in [1.82, 2.24) is 4.90 Å². The quantitative estimate of drug-likeness (QED) is 0.784. The highest BCUT2D eigenvalue weighted by Crippen LogP contribution is 2.23. The van der Waals surface area contributed by atoms with Gasteiger partial charge in [0.1, 0.15) is 5.82 Å². The van der Waals surface area contributed by atoms with E-state index in [0.717, 1.165) is 12.8 Å². The van der Waals surface area contributed by atoms with Gasteiger partial charge in [0.05, 0.1) is 10.6 Å². The Morgan fingerprint density at radius 2 is 1.96 bits per heavy atom. The molecule has 1 unspecified atom stereocenters. The van der Waals surface area contributed by atoms with Gasteiger partial charge in [-0.15, -0.1) is 12.4 Å². The van der Waals surface area contributed by atoms with Crippen LogP contribution in [-0.4, -0.2) is 38.4 Å². The SMILES string of the molecule is Cc1ccc(S(=O)(=O)Nc2ccccc2F)cc1C(=O)N1CCCC(N)C1.Cl. The molecule has 0 saturated carbocycles. The van der Waals surface area contributed by atoms with E-state index in [0.29, 0.717) is 24.2 Å². The van der Waals surface area contributed by atoms with Crippen LogP contribution >= 0.6 is 12.4 Å². The van der Waals surface area contributed by atoms with Gasteiger partial charge in [0.25, 0.3) is 15.9 Å². The van der Waals surface area contributed by atoms with Crippen molar-refractivity contribution in [3.8, 4) is 0 Å². The van der Waals surface area contributed by atoms with Gasteiger partial charge in [0.2, 0.25) is 0 Å². The molecule has 0 bridgehead atoms. The smallest absolute Gasteiger partial charge is 0.262 e. The summed E-state index contributed by atoms with van der Waals surface area (Å²) in [6, 6.07) is 9.75. The Balaban J connectivity index is 0.00000280. The summed E-state index contributed by atoms with van der Waals surface area (Å²) >= 11 is 0. The molecule has 0 aromatic heterocycles. The predicted molar refractivity (Wildman–Crippen MR) is 109 cm³/mol. The molecule has 3 rings (SSSR count). The number of likely N-dealkylation sites (tertiary alicyclic amines) is 1.